The molecular formula is C9H19NO4. The highest BCUT2D eigenvalue weighted by Crippen LogP contribution is 1.99. The second-order valence-electron chi connectivity index (χ2n) is 3.12. The van der Waals surface area contributed by atoms with Crippen molar-refractivity contribution in [2.75, 3.05) is 13.2 Å². The van der Waals surface area contributed by atoms with Crippen molar-refractivity contribution >= 4 is 5.97 Å². The first kappa shape index (κ1) is 13.4. The lowest BCUT2D eigenvalue weighted by molar-refractivity contribution is -0.152. The first-order valence-electron chi connectivity index (χ1n) is 4.92. The van der Waals surface area contributed by atoms with E-state index in [2.05, 4.69) is 17.2 Å². The van der Waals surface area contributed by atoms with Crippen LogP contribution in [-0.4, -0.2) is 35.4 Å². The maximum absolute atomic E-state index is 11.0. The van der Waals surface area contributed by atoms with Crippen LogP contribution in [0.5, 0.6) is 0 Å². The van der Waals surface area contributed by atoms with E-state index in [0.29, 0.717) is 6.42 Å². The second-order valence-corrected chi connectivity index (χ2v) is 3.12. The van der Waals surface area contributed by atoms with Gasteiger partial charge in [0.1, 0.15) is 0 Å². The highest BCUT2D eigenvalue weighted by Gasteiger charge is 2.04. The minimum absolute atomic E-state index is 0.0516. The molecule has 0 rings (SSSR count). The summed E-state index contributed by atoms with van der Waals surface area (Å²) in [5, 5.41) is 17.3. The van der Waals surface area contributed by atoms with Gasteiger partial charge in [0, 0.05) is 6.42 Å². The van der Waals surface area contributed by atoms with Crippen molar-refractivity contribution in [3.05, 3.63) is 0 Å². The van der Waals surface area contributed by atoms with Crippen LogP contribution >= 0.6 is 0 Å². The first-order chi connectivity index (χ1) is 6.70. The molecule has 14 heavy (non-hydrogen) atoms. The van der Waals surface area contributed by atoms with Gasteiger partial charge in [-0.1, -0.05) is 19.8 Å². The normalized spacial score (nSPS) is 12.5. The van der Waals surface area contributed by atoms with Crippen molar-refractivity contribution in [1.82, 2.24) is 5.48 Å². The molecule has 0 saturated heterocycles. The predicted molar refractivity (Wildman–Crippen MR) is 51.3 cm³/mol. The van der Waals surface area contributed by atoms with Crippen molar-refractivity contribution in [3.63, 3.8) is 0 Å². The third kappa shape index (κ3) is 7.97. The number of carbonyl (C=O) groups excluding carboxylic acids is 1. The van der Waals surface area contributed by atoms with E-state index in [9.17, 15) is 4.79 Å². The van der Waals surface area contributed by atoms with E-state index in [-0.39, 0.29) is 19.1 Å². The summed E-state index contributed by atoms with van der Waals surface area (Å²) in [6.07, 6.45) is 2.38. The van der Waals surface area contributed by atoms with Gasteiger partial charge >= 0.3 is 5.97 Å². The average molecular weight is 205 g/mol. The molecule has 0 spiro atoms. The fraction of sp³-hybridized carbons (Fsp3) is 0.889. The van der Waals surface area contributed by atoms with E-state index in [1.807, 2.05) is 0 Å². The summed E-state index contributed by atoms with van der Waals surface area (Å²) in [6.45, 7) is 1.76. The Bertz CT molecular complexity index is 152. The smallest absolute Gasteiger partial charge is 0.324 e. The zero-order chi connectivity index (χ0) is 10.8. The van der Waals surface area contributed by atoms with Gasteiger partial charge in [-0.3, -0.25) is 4.79 Å². The third-order valence-electron chi connectivity index (χ3n) is 1.70. The Morgan fingerprint density at radius 3 is 2.79 bits per heavy atom. The second kappa shape index (κ2) is 8.93. The Balaban J connectivity index is 3.26. The average Bonchev–Trinajstić information content (AvgIpc) is 2.18. The number of carbonyl (C=O) groups is 1. The number of aliphatic hydroxyl groups excluding tert-OH is 2. The van der Waals surface area contributed by atoms with Crippen LogP contribution in [0, 0.1) is 0 Å². The first-order valence-corrected chi connectivity index (χ1v) is 4.92. The third-order valence-corrected chi connectivity index (χ3v) is 1.70. The SMILES string of the molecule is CCCCCC(=O)ONCC(O)CO. The van der Waals surface area contributed by atoms with E-state index >= 15 is 0 Å². The molecular weight excluding hydrogens is 186 g/mol. The lowest BCUT2D eigenvalue weighted by Gasteiger charge is -2.08. The molecule has 5 nitrogen and oxygen atoms in total. The molecule has 0 heterocycles. The Labute approximate surface area is 84.0 Å². The number of nitrogens with one attached hydrogen (secondary N) is 1. The minimum Gasteiger partial charge on any atom is -0.394 e. The van der Waals surface area contributed by atoms with Gasteiger partial charge in [0.25, 0.3) is 0 Å². The molecule has 5 heteroatoms. The molecule has 0 aliphatic carbocycles. The zero-order valence-corrected chi connectivity index (χ0v) is 8.53. The van der Waals surface area contributed by atoms with Gasteiger partial charge in [-0.25, -0.2) is 0 Å². The standard InChI is InChI=1S/C9H19NO4/c1-2-3-4-5-9(13)14-10-6-8(12)7-11/h8,10-12H,2-7H2,1H3. The molecule has 1 unspecified atom stereocenters. The van der Waals surface area contributed by atoms with E-state index < -0.39 is 6.10 Å². The molecule has 1 atom stereocenters. The van der Waals surface area contributed by atoms with E-state index in [1.54, 1.807) is 0 Å². The molecule has 0 fully saturated rings. The predicted octanol–water partition coefficient (Wildman–Crippen LogP) is -0.0323. The molecule has 0 aliphatic rings. The van der Waals surface area contributed by atoms with Crippen LogP contribution in [0.3, 0.4) is 0 Å². The van der Waals surface area contributed by atoms with Crippen LogP contribution in [0.1, 0.15) is 32.6 Å². The largest absolute Gasteiger partial charge is 0.394 e. The van der Waals surface area contributed by atoms with Crippen molar-refractivity contribution in [2.24, 2.45) is 0 Å². The van der Waals surface area contributed by atoms with Gasteiger partial charge in [-0.05, 0) is 6.42 Å². The van der Waals surface area contributed by atoms with Gasteiger partial charge in [0.2, 0.25) is 0 Å². The van der Waals surface area contributed by atoms with Crippen LogP contribution in [-0.2, 0) is 9.63 Å². The summed E-state index contributed by atoms with van der Waals surface area (Å²) >= 11 is 0. The van der Waals surface area contributed by atoms with Crippen molar-refractivity contribution in [1.29, 1.82) is 0 Å². The molecule has 0 amide bonds. The van der Waals surface area contributed by atoms with Gasteiger partial charge in [-0.2, -0.15) is 5.48 Å². The van der Waals surface area contributed by atoms with E-state index in [0.717, 1.165) is 19.3 Å². The van der Waals surface area contributed by atoms with Crippen LogP contribution < -0.4 is 5.48 Å². The van der Waals surface area contributed by atoms with Crippen molar-refractivity contribution in [2.45, 2.75) is 38.7 Å². The van der Waals surface area contributed by atoms with Crippen molar-refractivity contribution < 1.29 is 19.8 Å². The minimum atomic E-state index is -0.890. The lowest BCUT2D eigenvalue weighted by Crippen LogP contribution is -2.31. The highest BCUT2D eigenvalue weighted by molar-refractivity contribution is 5.68. The molecule has 84 valence electrons. The quantitative estimate of drug-likeness (QED) is 0.383. The summed E-state index contributed by atoms with van der Waals surface area (Å²) in [5.74, 6) is -0.330. The van der Waals surface area contributed by atoms with Gasteiger partial charge in [0.15, 0.2) is 0 Å². The maximum Gasteiger partial charge on any atom is 0.324 e. The molecule has 0 aromatic heterocycles. The van der Waals surface area contributed by atoms with E-state index in [4.69, 9.17) is 10.2 Å². The topological polar surface area (TPSA) is 78.8 Å². The number of hydrogen-bond acceptors (Lipinski definition) is 5. The van der Waals surface area contributed by atoms with Crippen LogP contribution in [0.4, 0.5) is 0 Å². The summed E-state index contributed by atoms with van der Waals surface area (Å²) in [5.41, 5.74) is 2.30. The molecule has 0 radical (unpaired) electrons. The number of unbranched alkanes of at least 4 members (excludes halogenated alkanes) is 2. The Kier molecular flexibility index (Phi) is 8.51. The Morgan fingerprint density at radius 1 is 1.50 bits per heavy atom. The van der Waals surface area contributed by atoms with Crippen LogP contribution in [0.25, 0.3) is 0 Å². The van der Waals surface area contributed by atoms with Gasteiger partial charge < -0.3 is 15.1 Å². The van der Waals surface area contributed by atoms with Gasteiger partial charge in [0.05, 0.1) is 19.3 Å². The lowest BCUT2D eigenvalue weighted by atomic mass is 10.2. The van der Waals surface area contributed by atoms with Gasteiger partial charge in [-0.15, -0.1) is 0 Å². The van der Waals surface area contributed by atoms with E-state index in [1.165, 1.54) is 0 Å². The highest BCUT2D eigenvalue weighted by atomic mass is 16.7. The monoisotopic (exact) mass is 205 g/mol. The van der Waals surface area contributed by atoms with Crippen LogP contribution in [0.2, 0.25) is 0 Å². The molecule has 3 N–H and O–H groups in total. The summed E-state index contributed by atoms with van der Waals surface area (Å²) in [7, 11) is 0. The molecule has 0 bridgehead atoms. The number of hydrogen-bond donors (Lipinski definition) is 3. The fourth-order valence-electron chi connectivity index (χ4n) is 0.853. The molecule has 0 aliphatic heterocycles. The Morgan fingerprint density at radius 2 is 2.21 bits per heavy atom. The molecule has 0 aromatic carbocycles. The fourth-order valence-corrected chi connectivity index (χ4v) is 0.853. The zero-order valence-electron chi connectivity index (χ0n) is 8.53. The van der Waals surface area contributed by atoms with Crippen molar-refractivity contribution in [3.8, 4) is 0 Å². The summed E-state index contributed by atoms with van der Waals surface area (Å²) < 4.78 is 0. The Hall–Kier alpha value is -0.650. The number of hydroxylamine groups is 1. The molecule has 0 saturated carbocycles. The van der Waals surface area contributed by atoms with Crippen LogP contribution in [0.15, 0.2) is 0 Å². The molecule has 0 aromatic rings. The maximum atomic E-state index is 11.0. The summed E-state index contributed by atoms with van der Waals surface area (Å²) in [6, 6.07) is 0. The summed E-state index contributed by atoms with van der Waals surface area (Å²) in [4.78, 5) is 15.6. The number of rotatable bonds is 8. The number of aliphatic hydroxyl groups is 2.